The van der Waals surface area contributed by atoms with Crippen LogP contribution in [0.1, 0.15) is 31.2 Å². The highest BCUT2D eigenvalue weighted by Crippen LogP contribution is 2.22. The minimum Gasteiger partial charge on any atom is -0.372 e. The summed E-state index contributed by atoms with van der Waals surface area (Å²) in [6.45, 7) is 7.00. The molecule has 0 spiro atoms. The van der Waals surface area contributed by atoms with E-state index in [0.29, 0.717) is 6.54 Å². The van der Waals surface area contributed by atoms with Crippen molar-refractivity contribution in [2.75, 3.05) is 24.5 Å². The molecule has 4 nitrogen and oxygen atoms in total. The van der Waals surface area contributed by atoms with Gasteiger partial charge >= 0.3 is 0 Å². The molecule has 0 bridgehead atoms. The Hall–Kier alpha value is -2.33. The van der Waals surface area contributed by atoms with E-state index in [1.54, 1.807) is 0 Å². The molecule has 0 fully saturated rings. The lowest BCUT2D eigenvalue weighted by atomic mass is 9.98. The molecule has 1 heterocycles. The lowest BCUT2D eigenvalue weighted by Gasteiger charge is -2.21. The maximum absolute atomic E-state index is 6.03. The van der Waals surface area contributed by atoms with Gasteiger partial charge in [-0.25, -0.2) is 4.98 Å². The molecule has 3 N–H and O–H groups in total. The van der Waals surface area contributed by atoms with E-state index in [0.717, 1.165) is 36.4 Å². The molecule has 0 aliphatic heterocycles. The SMILES string of the molecule is CCN(CC)c1ccc(CC(CN)c2nc3ccccc3[nH]2)cc1. The number of H-pyrrole nitrogens is 1. The zero-order valence-electron chi connectivity index (χ0n) is 14.5. The van der Waals surface area contributed by atoms with Crippen molar-refractivity contribution in [3.05, 3.63) is 59.9 Å². The van der Waals surface area contributed by atoms with Crippen LogP contribution < -0.4 is 10.6 Å². The quantitative estimate of drug-likeness (QED) is 0.697. The zero-order valence-corrected chi connectivity index (χ0v) is 14.5. The lowest BCUT2D eigenvalue weighted by molar-refractivity contribution is 0.658. The van der Waals surface area contributed by atoms with Gasteiger partial charge in [0, 0.05) is 31.2 Å². The van der Waals surface area contributed by atoms with Gasteiger partial charge in [0.15, 0.2) is 0 Å². The van der Waals surface area contributed by atoms with Crippen molar-refractivity contribution in [1.29, 1.82) is 0 Å². The number of aromatic amines is 1. The van der Waals surface area contributed by atoms with Crippen molar-refractivity contribution in [1.82, 2.24) is 9.97 Å². The monoisotopic (exact) mass is 322 g/mol. The van der Waals surface area contributed by atoms with E-state index in [-0.39, 0.29) is 5.92 Å². The fourth-order valence-corrected chi connectivity index (χ4v) is 3.17. The zero-order chi connectivity index (χ0) is 16.9. The molecule has 3 aromatic rings. The lowest BCUT2D eigenvalue weighted by Crippen LogP contribution is -2.21. The van der Waals surface area contributed by atoms with E-state index in [4.69, 9.17) is 10.7 Å². The normalized spacial score (nSPS) is 12.5. The number of anilines is 1. The number of nitrogens with two attached hydrogens (primary N) is 1. The Morgan fingerprint density at radius 1 is 1.04 bits per heavy atom. The Bertz CT molecular complexity index is 739. The number of nitrogens with zero attached hydrogens (tertiary/aromatic N) is 2. The summed E-state index contributed by atoms with van der Waals surface area (Å²) in [6, 6.07) is 16.9. The number of hydrogen-bond acceptors (Lipinski definition) is 3. The third kappa shape index (κ3) is 3.44. The second-order valence-electron chi connectivity index (χ2n) is 6.11. The second kappa shape index (κ2) is 7.49. The van der Waals surface area contributed by atoms with Crippen LogP contribution >= 0.6 is 0 Å². The van der Waals surface area contributed by atoms with Crippen molar-refractivity contribution >= 4 is 16.7 Å². The summed E-state index contributed by atoms with van der Waals surface area (Å²) in [7, 11) is 0. The predicted octanol–water partition coefficient (Wildman–Crippen LogP) is 3.69. The Morgan fingerprint density at radius 2 is 1.75 bits per heavy atom. The van der Waals surface area contributed by atoms with E-state index < -0.39 is 0 Å². The van der Waals surface area contributed by atoms with Crippen LogP contribution in [0.3, 0.4) is 0 Å². The van der Waals surface area contributed by atoms with E-state index in [9.17, 15) is 0 Å². The van der Waals surface area contributed by atoms with Gasteiger partial charge in [0.1, 0.15) is 5.82 Å². The Labute approximate surface area is 143 Å². The van der Waals surface area contributed by atoms with E-state index in [2.05, 4.69) is 54.1 Å². The number of aromatic nitrogens is 2. The number of hydrogen-bond donors (Lipinski definition) is 2. The van der Waals surface area contributed by atoms with Gasteiger partial charge in [0.05, 0.1) is 11.0 Å². The predicted molar refractivity (Wildman–Crippen MR) is 102 cm³/mol. The molecule has 1 unspecified atom stereocenters. The van der Waals surface area contributed by atoms with Crippen LogP contribution in [-0.4, -0.2) is 29.6 Å². The molecule has 126 valence electrons. The van der Waals surface area contributed by atoms with Crippen molar-refractivity contribution in [2.45, 2.75) is 26.2 Å². The van der Waals surface area contributed by atoms with Crippen LogP contribution in [0.25, 0.3) is 11.0 Å². The highest BCUT2D eigenvalue weighted by molar-refractivity contribution is 5.74. The molecule has 0 saturated heterocycles. The van der Waals surface area contributed by atoms with Crippen molar-refractivity contribution in [3.8, 4) is 0 Å². The van der Waals surface area contributed by atoms with Gasteiger partial charge < -0.3 is 15.6 Å². The number of fused-ring (bicyclic) bond motifs is 1. The van der Waals surface area contributed by atoms with Gasteiger partial charge in [-0.2, -0.15) is 0 Å². The fourth-order valence-electron chi connectivity index (χ4n) is 3.17. The molecular formula is C20H26N4. The maximum atomic E-state index is 6.03. The first kappa shape index (κ1) is 16.5. The van der Waals surface area contributed by atoms with Crippen LogP contribution in [-0.2, 0) is 6.42 Å². The van der Waals surface area contributed by atoms with E-state index >= 15 is 0 Å². The molecule has 3 rings (SSSR count). The molecule has 4 heteroatoms. The molecule has 0 amide bonds. The van der Waals surface area contributed by atoms with Gasteiger partial charge in [-0.05, 0) is 50.1 Å². The Balaban J connectivity index is 1.77. The Morgan fingerprint density at radius 3 is 2.38 bits per heavy atom. The van der Waals surface area contributed by atoms with Crippen molar-refractivity contribution in [3.63, 3.8) is 0 Å². The van der Waals surface area contributed by atoms with E-state index in [1.807, 2.05) is 18.2 Å². The fraction of sp³-hybridized carbons (Fsp3) is 0.350. The summed E-state index contributed by atoms with van der Waals surface area (Å²) in [5.41, 5.74) is 10.7. The summed E-state index contributed by atoms with van der Waals surface area (Å²) in [5.74, 6) is 1.18. The smallest absolute Gasteiger partial charge is 0.111 e. The van der Waals surface area contributed by atoms with Crippen LogP contribution in [0.4, 0.5) is 5.69 Å². The topological polar surface area (TPSA) is 57.9 Å². The van der Waals surface area contributed by atoms with Gasteiger partial charge in [0.25, 0.3) is 0 Å². The molecule has 0 radical (unpaired) electrons. The van der Waals surface area contributed by atoms with Crippen LogP contribution in [0, 0.1) is 0 Å². The second-order valence-corrected chi connectivity index (χ2v) is 6.11. The number of rotatable bonds is 7. The maximum Gasteiger partial charge on any atom is 0.111 e. The van der Waals surface area contributed by atoms with Crippen molar-refractivity contribution in [2.24, 2.45) is 5.73 Å². The summed E-state index contributed by atoms with van der Waals surface area (Å²) >= 11 is 0. The highest BCUT2D eigenvalue weighted by atomic mass is 15.1. The summed E-state index contributed by atoms with van der Waals surface area (Å²) in [6.07, 6.45) is 0.898. The van der Waals surface area contributed by atoms with Gasteiger partial charge in [-0.15, -0.1) is 0 Å². The molecular weight excluding hydrogens is 296 g/mol. The van der Waals surface area contributed by atoms with E-state index in [1.165, 1.54) is 11.3 Å². The third-order valence-corrected chi connectivity index (χ3v) is 4.63. The molecule has 24 heavy (non-hydrogen) atoms. The number of para-hydroxylation sites is 2. The minimum absolute atomic E-state index is 0.205. The van der Waals surface area contributed by atoms with Gasteiger partial charge in [-0.1, -0.05) is 24.3 Å². The summed E-state index contributed by atoms with van der Waals surface area (Å²) < 4.78 is 0. The summed E-state index contributed by atoms with van der Waals surface area (Å²) in [5, 5.41) is 0. The molecule has 0 saturated carbocycles. The number of imidazole rings is 1. The van der Waals surface area contributed by atoms with Crippen LogP contribution in [0.5, 0.6) is 0 Å². The number of nitrogens with one attached hydrogen (secondary N) is 1. The third-order valence-electron chi connectivity index (χ3n) is 4.63. The Kier molecular flexibility index (Phi) is 5.16. The molecule has 1 atom stereocenters. The standard InChI is InChI=1S/C20H26N4/c1-3-24(4-2)17-11-9-15(10-12-17)13-16(14-21)20-22-18-7-5-6-8-19(18)23-20/h5-12,16H,3-4,13-14,21H2,1-2H3,(H,22,23). The van der Waals surface area contributed by atoms with Gasteiger partial charge in [-0.3, -0.25) is 0 Å². The molecule has 1 aromatic heterocycles. The molecule has 0 aliphatic carbocycles. The average Bonchev–Trinajstić information content (AvgIpc) is 3.06. The number of benzene rings is 2. The molecule has 0 aliphatic rings. The van der Waals surface area contributed by atoms with Gasteiger partial charge in [0.2, 0.25) is 0 Å². The summed E-state index contributed by atoms with van der Waals surface area (Å²) in [4.78, 5) is 10.5. The van der Waals surface area contributed by atoms with Crippen molar-refractivity contribution < 1.29 is 0 Å². The largest absolute Gasteiger partial charge is 0.372 e. The first-order valence-corrected chi connectivity index (χ1v) is 8.73. The highest BCUT2D eigenvalue weighted by Gasteiger charge is 2.15. The first-order valence-electron chi connectivity index (χ1n) is 8.73. The van der Waals surface area contributed by atoms with Crippen LogP contribution in [0.15, 0.2) is 48.5 Å². The van der Waals surface area contributed by atoms with Crippen LogP contribution in [0.2, 0.25) is 0 Å². The minimum atomic E-state index is 0.205. The first-order chi connectivity index (χ1) is 11.7. The molecule has 2 aromatic carbocycles. The average molecular weight is 322 g/mol.